The molecule has 0 fully saturated rings. The van der Waals surface area contributed by atoms with Crippen LogP contribution in [0.1, 0.15) is 50.4 Å². The molecule has 0 radical (unpaired) electrons. The highest BCUT2D eigenvalue weighted by Crippen LogP contribution is 2.36. The van der Waals surface area contributed by atoms with E-state index in [1.54, 1.807) is 51.3 Å². The molecule has 0 bridgehead atoms. The van der Waals surface area contributed by atoms with Gasteiger partial charge in [0.05, 0.1) is 41.7 Å². The average Bonchev–Trinajstić information content (AvgIpc) is 3.30. The van der Waals surface area contributed by atoms with E-state index in [2.05, 4.69) is 4.99 Å². The largest absolute Gasteiger partial charge is 0.493 e. The van der Waals surface area contributed by atoms with Gasteiger partial charge in [0, 0.05) is 21.2 Å². The number of nitrogens with zero attached hydrogens (tertiary/aromatic N) is 2. The van der Waals surface area contributed by atoms with E-state index in [1.165, 1.54) is 15.9 Å². The zero-order chi connectivity index (χ0) is 32.2. The Morgan fingerprint density at radius 1 is 1.07 bits per heavy atom. The summed E-state index contributed by atoms with van der Waals surface area (Å²) in [4.78, 5) is 32.6. The third kappa shape index (κ3) is 6.96. The Balaban J connectivity index is 1.61. The van der Waals surface area contributed by atoms with Crippen molar-refractivity contribution in [3.05, 3.63) is 118 Å². The van der Waals surface area contributed by atoms with Gasteiger partial charge in [0.15, 0.2) is 16.3 Å². The lowest BCUT2D eigenvalue weighted by Gasteiger charge is -2.25. The highest BCUT2D eigenvalue weighted by molar-refractivity contribution is 7.07. The number of carbonyl (C=O) groups excluding carboxylic acids is 1. The van der Waals surface area contributed by atoms with Crippen LogP contribution >= 0.6 is 34.5 Å². The van der Waals surface area contributed by atoms with E-state index in [0.717, 1.165) is 5.56 Å². The van der Waals surface area contributed by atoms with Crippen molar-refractivity contribution in [2.24, 2.45) is 4.99 Å². The molecular formula is C34H32Cl2N2O6S. The smallest absolute Gasteiger partial charge is 0.338 e. The second-order valence-corrected chi connectivity index (χ2v) is 12.3. The minimum Gasteiger partial charge on any atom is -0.493 e. The maximum absolute atomic E-state index is 14.1. The summed E-state index contributed by atoms with van der Waals surface area (Å²) in [6.45, 7) is 7.71. The summed E-state index contributed by atoms with van der Waals surface area (Å²) in [6, 6.07) is 17.2. The molecule has 0 saturated carbocycles. The van der Waals surface area contributed by atoms with Crippen molar-refractivity contribution in [1.82, 2.24) is 4.57 Å². The van der Waals surface area contributed by atoms with E-state index >= 15 is 0 Å². The van der Waals surface area contributed by atoms with Crippen LogP contribution in [-0.2, 0) is 16.1 Å². The first kappa shape index (κ1) is 32.3. The SMILES string of the molecule is CCOC(=O)C1=C(C)N=c2s/c(=C/c3ccccc3OCc3ccc(Cl)cc3Cl)c(=O)n2[C@H]1c1ccc(OC(C)C)c(OC)c1. The number of halogens is 2. The zero-order valence-corrected chi connectivity index (χ0v) is 27.8. The van der Waals surface area contributed by atoms with E-state index in [1.807, 2.05) is 50.2 Å². The molecule has 8 nitrogen and oxygen atoms in total. The van der Waals surface area contributed by atoms with Crippen LogP contribution in [0.25, 0.3) is 6.08 Å². The van der Waals surface area contributed by atoms with Gasteiger partial charge in [0.25, 0.3) is 5.56 Å². The highest BCUT2D eigenvalue weighted by Gasteiger charge is 2.34. The average molecular weight is 668 g/mol. The molecule has 234 valence electrons. The molecule has 45 heavy (non-hydrogen) atoms. The van der Waals surface area contributed by atoms with Gasteiger partial charge in [-0.15, -0.1) is 0 Å². The van der Waals surface area contributed by atoms with Gasteiger partial charge in [-0.1, -0.05) is 64.9 Å². The summed E-state index contributed by atoms with van der Waals surface area (Å²) in [7, 11) is 1.55. The number of allylic oxidation sites excluding steroid dienone is 1. The minimum absolute atomic E-state index is 0.0744. The van der Waals surface area contributed by atoms with Crippen LogP contribution in [0.15, 0.2) is 81.7 Å². The first-order valence-electron chi connectivity index (χ1n) is 14.3. The molecule has 1 aromatic heterocycles. The van der Waals surface area contributed by atoms with E-state index < -0.39 is 12.0 Å². The van der Waals surface area contributed by atoms with Crippen molar-refractivity contribution in [2.45, 2.75) is 46.4 Å². The second kappa shape index (κ2) is 13.9. The lowest BCUT2D eigenvalue weighted by atomic mass is 9.95. The van der Waals surface area contributed by atoms with Crippen LogP contribution in [-0.4, -0.2) is 30.4 Å². The van der Waals surface area contributed by atoms with Crippen molar-refractivity contribution in [3.8, 4) is 17.2 Å². The third-order valence-corrected chi connectivity index (χ3v) is 8.56. The number of fused-ring (bicyclic) bond motifs is 1. The summed E-state index contributed by atoms with van der Waals surface area (Å²) >= 11 is 13.6. The zero-order valence-electron chi connectivity index (χ0n) is 25.4. The Labute approximate surface area is 274 Å². The topological polar surface area (TPSA) is 88.4 Å². The first-order valence-corrected chi connectivity index (χ1v) is 15.9. The molecule has 1 aliphatic rings. The van der Waals surface area contributed by atoms with Crippen LogP contribution < -0.4 is 29.1 Å². The summed E-state index contributed by atoms with van der Waals surface area (Å²) in [5, 5.41) is 1.04. The van der Waals surface area contributed by atoms with Crippen molar-refractivity contribution >= 4 is 46.6 Å². The minimum atomic E-state index is -0.803. The number of aromatic nitrogens is 1. The molecule has 4 aromatic rings. The number of carbonyl (C=O) groups is 1. The molecule has 0 saturated heterocycles. The van der Waals surface area contributed by atoms with Gasteiger partial charge >= 0.3 is 5.97 Å². The van der Waals surface area contributed by atoms with Gasteiger partial charge in [-0.3, -0.25) is 9.36 Å². The molecular weight excluding hydrogens is 635 g/mol. The van der Waals surface area contributed by atoms with Gasteiger partial charge in [0.2, 0.25) is 0 Å². The molecule has 2 heterocycles. The Kier molecular flexibility index (Phi) is 10.0. The van der Waals surface area contributed by atoms with Gasteiger partial charge < -0.3 is 18.9 Å². The standard InChI is InChI=1S/C34H32Cl2N2O6S/c1-6-42-33(40)30-20(4)37-34-38(31(30)22-12-14-27(44-19(2)3)28(15-22)41-5)32(39)29(45-34)16-21-9-7-8-10-26(21)43-18-23-11-13-24(35)17-25(23)36/h7-17,19,31H,6,18H2,1-5H3/b29-16+/t31-/m0/s1. The van der Waals surface area contributed by atoms with E-state index in [4.69, 9.17) is 42.1 Å². The van der Waals surface area contributed by atoms with Crippen molar-refractivity contribution in [3.63, 3.8) is 0 Å². The molecule has 0 unspecified atom stereocenters. The van der Waals surface area contributed by atoms with E-state index in [9.17, 15) is 9.59 Å². The number of hydrogen-bond acceptors (Lipinski definition) is 8. The number of thiazole rings is 1. The molecule has 0 N–H and O–H groups in total. The lowest BCUT2D eigenvalue weighted by Crippen LogP contribution is -2.40. The molecule has 3 aromatic carbocycles. The predicted molar refractivity (Wildman–Crippen MR) is 176 cm³/mol. The van der Waals surface area contributed by atoms with Crippen LogP contribution in [0.2, 0.25) is 10.0 Å². The summed E-state index contributed by atoms with van der Waals surface area (Å²) < 4.78 is 25.0. The molecule has 1 aliphatic heterocycles. The number of benzene rings is 3. The number of rotatable bonds is 10. The number of hydrogen-bond donors (Lipinski definition) is 0. The monoisotopic (exact) mass is 666 g/mol. The van der Waals surface area contributed by atoms with Crippen molar-refractivity contribution in [2.75, 3.05) is 13.7 Å². The van der Waals surface area contributed by atoms with Gasteiger partial charge in [-0.05, 0) is 69.7 Å². The Bertz CT molecular complexity index is 1960. The fourth-order valence-corrected chi connectivity index (χ4v) is 6.48. The first-order chi connectivity index (χ1) is 21.6. The maximum Gasteiger partial charge on any atom is 0.338 e. The summed E-state index contributed by atoms with van der Waals surface area (Å²) in [5.41, 5.74) is 2.56. The lowest BCUT2D eigenvalue weighted by molar-refractivity contribution is -0.139. The van der Waals surface area contributed by atoms with Gasteiger partial charge in [-0.2, -0.15) is 0 Å². The Morgan fingerprint density at radius 3 is 2.56 bits per heavy atom. The van der Waals surface area contributed by atoms with E-state index in [0.29, 0.717) is 53.5 Å². The Hall–Kier alpha value is -4.05. The molecule has 11 heteroatoms. The quantitative estimate of drug-likeness (QED) is 0.180. The predicted octanol–water partition coefficient (Wildman–Crippen LogP) is 6.48. The number of para-hydroxylation sites is 1. The van der Waals surface area contributed by atoms with Crippen LogP contribution in [0.3, 0.4) is 0 Å². The molecule has 5 rings (SSSR count). The fraction of sp³-hybridized carbons (Fsp3) is 0.265. The molecule has 0 spiro atoms. The maximum atomic E-state index is 14.1. The van der Waals surface area contributed by atoms with E-state index in [-0.39, 0.29) is 30.5 Å². The third-order valence-electron chi connectivity index (χ3n) is 6.99. The van der Waals surface area contributed by atoms with Gasteiger partial charge in [0.1, 0.15) is 12.4 Å². The number of esters is 1. The van der Waals surface area contributed by atoms with Crippen LogP contribution in [0, 0.1) is 0 Å². The summed E-state index contributed by atoms with van der Waals surface area (Å²) in [6.07, 6.45) is 1.69. The normalized spacial score (nSPS) is 14.7. The Morgan fingerprint density at radius 2 is 1.84 bits per heavy atom. The van der Waals surface area contributed by atoms with Crippen LogP contribution in [0.4, 0.5) is 0 Å². The molecule has 1 atom stereocenters. The van der Waals surface area contributed by atoms with Crippen molar-refractivity contribution in [1.29, 1.82) is 0 Å². The number of methoxy groups -OCH3 is 1. The summed E-state index contributed by atoms with van der Waals surface area (Å²) in [5.74, 6) is 1.06. The number of ether oxygens (including phenoxy) is 4. The van der Waals surface area contributed by atoms with Gasteiger partial charge in [-0.25, -0.2) is 9.79 Å². The van der Waals surface area contributed by atoms with Crippen LogP contribution in [0.5, 0.6) is 17.2 Å². The molecule has 0 aliphatic carbocycles. The molecule has 0 amide bonds. The fourth-order valence-electron chi connectivity index (χ4n) is 4.98. The van der Waals surface area contributed by atoms with Crippen molar-refractivity contribution < 1.29 is 23.7 Å². The highest BCUT2D eigenvalue weighted by atomic mass is 35.5. The second-order valence-electron chi connectivity index (χ2n) is 10.4.